The summed E-state index contributed by atoms with van der Waals surface area (Å²) >= 11 is 2.05. The molecule has 1 aromatic rings. The van der Waals surface area contributed by atoms with Crippen LogP contribution in [0.3, 0.4) is 0 Å². The summed E-state index contributed by atoms with van der Waals surface area (Å²) < 4.78 is 0. The number of hydrogen-bond acceptors (Lipinski definition) is 3. The van der Waals surface area contributed by atoms with Gasteiger partial charge in [-0.25, -0.2) is 0 Å². The van der Waals surface area contributed by atoms with E-state index in [1.165, 1.54) is 11.4 Å². The number of nitrogens with two attached hydrogens (primary N) is 1. The van der Waals surface area contributed by atoms with E-state index in [9.17, 15) is 0 Å². The van der Waals surface area contributed by atoms with Crippen molar-refractivity contribution in [2.45, 2.75) is 19.1 Å². The minimum atomic E-state index is 0.723. The predicted molar refractivity (Wildman–Crippen MR) is 69.7 cm³/mol. The van der Waals surface area contributed by atoms with Crippen LogP contribution in [0, 0.1) is 6.92 Å². The predicted octanol–water partition coefficient (Wildman–Crippen LogP) is 2.52. The molecule has 1 aromatic carbocycles. The van der Waals surface area contributed by atoms with Crippen molar-refractivity contribution >= 4 is 23.1 Å². The molecule has 0 bridgehead atoms. The molecule has 0 aromatic heterocycles. The van der Waals surface area contributed by atoms with Gasteiger partial charge in [-0.1, -0.05) is 13.0 Å². The van der Waals surface area contributed by atoms with Gasteiger partial charge in [-0.05, 0) is 24.6 Å². The lowest BCUT2D eigenvalue weighted by atomic mass is 10.1. The fourth-order valence-corrected chi connectivity index (χ4v) is 2.89. The molecule has 1 fully saturated rings. The van der Waals surface area contributed by atoms with Crippen LogP contribution in [0.5, 0.6) is 0 Å². The lowest BCUT2D eigenvalue weighted by Crippen LogP contribution is -2.36. The maximum atomic E-state index is 5.93. The van der Waals surface area contributed by atoms with Crippen molar-refractivity contribution in [3.8, 4) is 0 Å². The second kappa shape index (κ2) is 4.35. The Bertz CT molecular complexity index is 351. The zero-order chi connectivity index (χ0) is 10.8. The highest BCUT2D eigenvalue weighted by Crippen LogP contribution is 2.26. The average molecular weight is 222 g/mol. The van der Waals surface area contributed by atoms with E-state index in [4.69, 9.17) is 5.73 Å². The number of hydrogen-bond donors (Lipinski definition) is 1. The summed E-state index contributed by atoms with van der Waals surface area (Å²) in [6.45, 7) is 6.60. The molecule has 2 rings (SSSR count). The fraction of sp³-hybridized carbons (Fsp3) is 0.500. The number of thioether (sulfide) groups is 1. The molecule has 1 unspecified atom stereocenters. The largest absolute Gasteiger partial charge is 0.398 e. The van der Waals surface area contributed by atoms with Crippen LogP contribution < -0.4 is 10.6 Å². The van der Waals surface area contributed by atoms with Gasteiger partial charge in [0.1, 0.15) is 0 Å². The Kier molecular flexibility index (Phi) is 3.10. The molecule has 1 atom stereocenters. The quantitative estimate of drug-likeness (QED) is 0.740. The molecule has 2 nitrogen and oxygen atoms in total. The lowest BCUT2D eigenvalue weighted by Gasteiger charge is -2.32. The Morgan fingerprint density at radius 2 is 2.27 bits per heavy atom. The van der Waals surface area contributed by atoms with Gasteiger partial charge in [0.15, 0.2) is 0 Å². The average Bonchev–Trinajstić information content (AvgIpc) is 2.22. The van der Waals surface area contributed by atoms with Gasteiger partial charge in [-0.15, -0.1) is 0 Å². The maximum Gasteiger partial charge on any atom is 0.0387 e. The van der Waals surface area contributed by atoms with Gasteiger partial charge in [0.05, 0.1) is 0 Å². The molecule has 0 aliphatic carbocycles. The van der Waals surface area contributed by atoms with Crippen LogP contribution in [0.1, 0.15) is 12.5 Å². The third-order valence-electron chi connectivity index (χ3n) is 2.87. The van der Waals surface area contributed by atoms with Crippen LogP contribution in [0.2, 0.25) is 0 Å². The molecule has 0 spiro atoms. The Labute approximate surface area is 95.8 Å². The molecule has 3 heteroatoms. The highest BCUT2D eigenvalue weighted by Gasteiger charge is 2.17. The first kappa shape index (κ1) is 10.7. The van der Waals surface area contributed by atoms with Gasteiger partial charge in [0.2, 0.25) is 0 Å². The third kappa shape index (κ3) is 2.40. The summed E-state index contributed by atoms with van der Waals surface area (Å²) in [5.74, 6) is 1.22. The summed E-state index contributed by atoms with van der Waals surface area (Å²) in [6.07, 6.45) is 0. The Morgan fingerprint density at radius 3 is 2.93 bits per heavy atom. The van der Waals surface area contributed by atoms with E-state index in [1.54, 1.807) is 0 Å². The first-order chi connectivity index (χ1) is 7.16. The van der Waals surface area contributed by atoms with Crippen LogP contribution in [0.15, 0.2) is 18.2 Å². The van der Waals surface area contributed by atoms with E-state index in [-0.39, 0.29) is 0 Å². The van der Waals surface area contributed by atoms with Crippen molar-refractivity contribution < 1.29 is 0 Å². The van der Waals surface area contributed by atoms with Gasteiger partial charge in [0, 0.05) is 35.5 Å². The van der Waals surface area contributed by atoms with E-state index < -0.39 is 0 Å². The summed E-state index contributed by atoms with van der Waals surface area (Å²) in [5, 5.41) is 0.723. The molecule has 1 aliphatic rings. The SMILES string of the molecule is Cc1ccc(N2CCSC(C)C2)cc1N. The minimum Gasteiger partial charge on any atom is -0.398 e. The molecule has 82 valence electrons. The van der Waals surface area contributed by atoms with Crippen LogP contribution in [-0.4, -0.2) is 24.1 Å². The van der Waals surface area contributed by atoms with Gasteiger partial charge >= 0.3 is 0 Å². The summed E-state index contributed by atoms with van der Waals surface area (Å²) in [7, 11) is 0. The number of aryl methyl sites for hydroxylation is 1. The lowest BCUT2D eigenvalue weighted by molar-refractivity contribution is 0.783. The minimum absolute atomic E-state index is 0.723. The molecule has 1 aliphatic heterocycles. The van der Waals surface area contributed by atoms with Crippen molar-refractivity contribution in [2.24, 2.45) is 0 Å². The second-order valence-electron chi connectivity index (χ2n) is 4.17. The zero-order valence-electron chi connectivity index (χ0n) is 9.36. The van der Waals surface area contributed by atoms with Crippen LogP contribution >= 0.6 is 11.8 Å². The first-order valence-corrected chi connectivity index (χ1v) is 6.44. The molecule has 0 amide bonds. The molecule has 0 radical (unpaired) electrons. The molecule has 15 heavy (non-hydrogen) atoms. The fourth-order valence-electron chi connectivity index (χ4n) is 1.88. The van der Waals surface area contributed by atoms with Gasteiger partial charge < -0.3 is 10.6 Å². The molecule has 2 N–H and O–H groups in total. The second-order valence-corrected chi connectivity index (χ2v) is 5.71. The smallest absolute Gasteiger partial charge is 0.0387 e. The van der Waals surface area contributed by atoms with E-state index in [0.29, 0.717) is 0 Å². The monoisotopic (exact) mass is 222 g/mol. The number of rotatable bonds is 1. The molecular formula is C12H18N2S. The Hall–Kier alpha value is -0.830. The number of nitrogens with zero attached hydrogens (tertiary/aromatic N) is 1. The number of anilines is 2. The first-order valence-electron chi connectivity index (χ1n) is 5.39. The maximum absolute atomic E-state index is 5.93. The molecule has 0 saturated carbocycles. The van der Waals surface area contributed by atoms with E-state index in [0.717, 1.165) is 29.6 Å². The van der Waals surface area contributed by atoms with Gasteiger partial charge in [-0.2, -0.15) is 11.8 Å². The van der Waals surface area contributed by atoms with Crippen LogP contribution in [0.25, 0.3) is 0 Å². The topological polar surface area (TPSA) is 29.3 Å². The van der Waals surface area contributed by atoms with Crippen molar-refractivity contribution in [3.05, 3.63) is 23.8 Å². The van der Waals surface area contributed by atoms with Crippen LogP contribution in [0.4, 0.5) is 11.4 Å². The van der Waals surface area contributed by atoms with Crippen molar-refractivity contribution in [1.82, 2.24) is 0 Å². The van der Waals surface area contributed by atoms with Crippen molar-refractivity contribution in [1.29, 1.82) is 0 Å². The highest BCUT2D eigenvalue weighted by molar-refractivity contribution is 8.00. The number of nitrogen functional groups attached to an aromatic ring is 1. The Morgan fingerprint density at radius 1 is 1.47 bits per heavy atom. The normalized spacial score (nSPS) is 21.7. The molecule has 1 heterocycles. The molecule has 1 saturated heterocycles. The Balaban J connectivity index is 2.18. The van der Waals surface area contributed by atoms with Crippen molar-refractivity contribution in [3.63, 3.8) is 0 Å². The summed E-state index contributed by atoms with van der Waals surface area (Å²) in [6, 6.07) is 6.38. The number of benzene rings is 1. The zero-order valence-corrected chi connectivity index (χ0v) is 10.2. The van der Waals surface area contributed by atoms with Crippen molar-refractivity contribution in [2.75, 3.05) is 29.5 Å². The van der Waals surface area contributed by atoms with E-state index >= 15 is 0 Å². The van der Waals surface area contributed by atoms with Gasteiger partial charge in [0.25, 0.3) is 0 Å². The molecular weight excluding hydrogens is 204 g/mol. The highest BCUT2D eigenvalue weighted by atomic mass is 32.2. The van der Waals surface area contributed by atoms with Gasteiger partial charge in [-0.3, -0.25) is 0 Å². The summed E-state index contributed by atoms with van der Waals surface area (Å²) in [5.41, 5.74) is 9.27. The standard InChI is InChI=1S/C12H18N2S/c1-9-3-4-11(7-12(9)13)14-5-6-15-10(2)8-14/h3-4,7,10H,5-6,8,13H2,1-2H3. The van der Waals surface area contributed by atoms with E-state index in [1.807, 2.05) is 6.92 Å². The van der Waals surface area contributed by atoms with Crippen LogP contribution in [-0.2, 0) is 0 Å². The third-order valence-corrected chi connectivity index (χ3v) is 4.01. The van der Waals surface area contributed by atoms with E-state index in [2.05, 4.69) is 41.8 Å². The summed E-state index contributed by atoms with van der Waals surface area (Å²) in [4.78, 5) is 2.43.